The lowest BCUT2D eigenvalue weighted by molar-refractivity contribution is -0.383. The summed E-state index contributed by atoms with van der Waals surface area (Å²) in [7, 11) is 0. The van der Waals surface area contributed by atoms with Gasteiger partial charge in [-0.2, -0.15) is 5.10 Å². The number of nitrogens with one attached hydrogen (secondary N) is 1. The van der Waals surface area contributed by atoms with Crippen molar-refractivity contribution in [3.05, 3.63) is 51.8 Å². The number of nitro benzene ring substituents is 1. The molecule has 0 saturated heterocycles. The van der Waals surface area contributed by atoms with E-state index >= 15 is 0 Å². The van der Waals surface area contributed by atoms with Gasteiger partial charge in [0.1, 0.15) is 10.7 Å². The smallest absolute Gasteiger partial charge is 0.310 e. The number of nitro groups is 1. The van der Waals surface area contributed by atoms with Crippen molar-refractivity contribution in [2.24, 2.45) is 0 Å². The molecule has 0 spiro atoms. The van der Waals surface area contributed by atoms with E-state index in [1.165, 1.54) is 6.07 Å². The number of para-hydroxylation sites is 1. The van der Waals surface area contributed by atoms with Crippen molar-refractivity contribution in [2.75, 3.05) is 5.32 Å². The van der Waals surface area contributed by atoms with Crippen LogP contribution in [0.2, 0.25) is 5.02 Å². The summed E-state index contributed by atoms with van der Waals surface area (Å²) >= 11 is 5.85. The van der Waals surface area contributed by atoms with Crippen LogP contribution in [0.5, 0.6) is 0 Å². The number of nitrogens with zero attached hydrogens (tertiary/aromatic N) is 3. The average Bonchev–Trinajstić information content (AvgIpc) is 2.81. The molecule has 2 rings (SSSR count). The number of anilines is 1. The molecule has 0 aliphatic rings. The third-order valence-electron chi connectivity index (χ3n) is 2.59. The fourth-order valence-corrected chi connectivity index (χ4v) is 2.06. The van der Waals surface area contributed by atoms with E-state index < -0.39 is 4.92 Å². The van der Waals surface area contributed by atoms with E-state index in [-0.39, 0.29) is 16.8 Å². The van der Waals surface area contributed by atoms with Crippen molar-refractivity contribution >= 4 is 23.0 Å². The Morgan fingerprint density at radius 3 is 2.95 bits per heavy atom. The first-order valence-corrected chi connectivity index (χ1v) is 6.12. The van der Waals surface area contributed by atoms with Crippen molar-refractivity contribution in [3.63, 3.8) is 0 Å². The van der Waals surface area contributed by atoms with Crippen LogP contribution in [0.15, 0.2) is 36.7 Å². The molecule has 6 nitrogen and oxygen atoms in total. The highest BCUT2D eigenvalue weighted by Crippen LogP contribution is 2.32. The first kappa shape index (κ1) is 13.4. The van der Waals surface area contributed by atoms with Gasteiger partial charge in [-0.25, -0.2) is 0 Å². The Kier molecular flexibility index (Phi) is 4.01. The van der Waals surface area contributed by atoms with Crippen LogP contribution in [-0.4, -0.2) is 20.7 Å². The predicted octanol–water partition coefficient (Wildman–Crippen LogP) is 2.95. The summed E-state index contributed by atoms with van der Waals surface area (Å²) in [5, 5.41) is 18.3. The molecular weight excluding hydrogens is 268 g/mol. The van der Waals surface area contributed by atoms with Crippen LogP contribution in [0, 0.1) is 10.1 Å². The first-order chi connectivity index (χ1) is 9.08. The minimum atomic E-state index is -0.481. The molecule has 0 saturated carbocycles. The number of benzene rings is 1. The summed E-state index contributed by atoms with van der Waals surface area (Å²) in [4.78, 5) is 10.5. The predicted molar refractivity (Wildman–Crippen MR) is 73.4 cm³/mol. The minimum absolute atomic E-state index is 0.0166. The Morgan fingerprint density at radius 2 is 2.32 bits per heavy atom. The molecule has 0 aliphatic heterocycles. The lowest BCUT2D eigenvalue weighted by Gasteiger charge is -2.15. The summed E-state index contributed by atoms with van der Waals surface area (Å²) in [6, 6.07) is 6.64. The van der Waals surface area contributed by atoms with Gasteiger partial charge < -0.3 is 5.32 Å². The van der Waals surface area contributed by atoms with Crippen molar-refractivity contribution in [2.45, 2.75) is 19.5 Å². The molecule has 1 heterocycles. The Labute approximate surface area is 115 Å². The van der Waals surface area contributed by atoms with Gasteiger partial charge in [0.2, 0.25) is 0 Å². The van der Waals surface area contributed by atoms with Crippen LogP contribution in [0.3, 0.4) is 0 Å². The molecular formula is C12H13ClN4O2. The Hall–Kier alpha value is -2.08. The SMILES string of the molecule is CC(Cn1cccn1)Nc1cccc(Cl)c1[N+](=O)[O-]. The van der Waals surface area contributed by atoms with Crippen LogP contribution in [0.1, 0.15) is 6.92 Å². The molecule has 1 unspecified atom stereocenters. The Balaban J connectivity index is 2.14. The van der Waals surface area contributed by atoms with Gasteiger partial charge in [-0.05, 0) is 25.1 Å². The second-order valence-corrected chi connectivity index (χ2v) is 4.57. The van der Waals surface area contributed by atoms with E-state index in [0.717, 1.165) is 0 Å². The van der Waals surface area contributed by atoms with E-state index in [4.69, 9.17) is 11.6 Å². The van der Waals surface area contributed by atoms with Gasteiger partial charge >= 0.3 is 5.69 Å². The highest BCUT2D eigenvalue weighted by molar-refractivity contribution is 6.33. The maximum Gasteiger partial charge on any atom is 0.310 e. The Morgan fingerprint density at radius 1 is 1.53 bits per heavy atom. The molecule has 2 aromatic rings. The van der Waals surface area contributed by atoms with E-state index in [0.29, 0.717) is 12.2 Å². The van der Waals surface area contributed by atoms with Crippen molar-refractivity contribution < 1.29 is 4.92 Å². The quantitative estimate of drug-likeness (QED) is 0.675. The number of halogens is 1. The standard InChI is InChI=1S/C12H13ClN4O2/c1-9(8-16-7-3-6-14-16)15-11-5-2-4-10(13)12(11)17(18)19/h2-7,9,15H,8H2,1H3. The number of rotatable bonds is 5. The molecule has 0 fully saturated rings. The highest BCUT2D eigenvalue weighted by atomic mass is 35.5. The summed E-state index contributed by atoms with van der Waals surface area (Å²) in [5.41, 5.74) is 0.314. The van der Waals surface area contributed by atoms with Crippen LogP contribution >= 0.6 is 11.6 Å². The first-order valence-electron chi connectivity index (χ1n) is 5.75. The van der Waals surface area contributed by atoms with Crippen molar-refractivity contribution in [1.82, 2.24) is 9.78 Å². The Bertz CT molecular complexity index is 571. The highest BCUT2D eigenvalue weighted by Gasteiger charge is 2.19. The van der Waals surface area contributed by atoms with Crippen LogP contribution in [-0.2, 0) is 6.54 Å². The minimum Gasteiger partial charge on any atom is -0.375 e. The lowest BCUT2D eigenvalue weighted by atomic mass is 10.2. The van der Waals surface area contributed by atoms with Crippen molar-refractivity contribution in [1.29, 1.82) is 0 Å². The molecule has 1 N–H and O–H groups in total. The molecule has 1 aromatic carbocycles. The maximum absolute atomic E-state index is 11.0. The second-order valence-electron chi connectivity index (χ2n) is 4.17. The van der Waals surface area contributed by atoms with Gasteiger partial charge in [-0.1, -0.05) is 17.7 Å². The van der Waals surface area contributed by atoms with Crippen molar-refractivity contribution in [3.8, 4) is 0 Å². The largest absolute Gasteiger partial charge is 0.375 e. The summed E-state index contributed by atoms with van der Waals surface area (Å²) < 4.78 is 1.76. The van der Waals surface area contributed by atoms with Crippen LogP contribution in [0.25, 0.3) is 0 Å². The summed E-state index contributed by atoms with van der Waals surface area (Å²) in [6.07, 6.45) is 3.53. The number of hydrogen-bond acceptors (Lipinski definition) is 4. The molecule has 7 heteroatoms. The van der Waals surface area contributed by atoms with Crippen LogP contribution in [0.4, 0.5) is 11.4 Å². The number of hydrogen-bond donors (Lipinski definition) is 1. The molecule has 1 atom stereocenters. The van der Waals surface area contributed by atoms with E-state index in [1.54, 1.807) is 23.0 Å². The molecule has 0 amide bonds. The third-order valence-corrected chi connectivity index (χ3v) is 2.90. The molecule has 0 bridgehead atoms. The van der Waals surface area contributed by atoms with Gasteiger partial charge in [0.15, 0.2) is 0 Å². The van der Waals surface area contributed by atoms with Crippen LogP contribution < -0.4 is 5.32 Å². The molecule has 0 radical (unpaired) electrons. The molecule has 19 heavy (non-hydrogen) atoms. The second kappa shape index (κ2) is 5.71. The third kappa shape index (κ3) is 3.23. The fourth-order valence-electron chi connectivity index (χ4n) is 1.82. The lowest BCUT2D eigenvalue weighted by Crippen LogP contribution is -2.22. The molecule has 100 valence electrons. The zero-order chi connectivity index (χ0) is 13.8. The van der Waals surface area contributed by atoms with E-state index in [2.05, 4.69) is 10.4 Å². The summed E-state index contributed by atoms with van der Waals surface area (Å²) in [6.45, 7) is 2.53. The maximum atomic E-state index is 11.0. The fraction of sp³-hybridized carbons (Fsp3) is 0.250. The van der Waals surface area contributed by atoms with Gasteiger partial charge in [0.25, 0.3) is 0 Å². The number of aromatic nitrogens is 2. The zero-order valence-electron chi connectivity index (χ0n) is 10.3. The van der Waals surface area contributed by atoms with Gasteiger partial charge in [0.05, 0.1) is 11.5 Å². The molecule has 0 aliphatic carbocycles. The normalized spacial score (nSPS) is 12.1. The van der Waals surface area contributed by atoms with E-state index in [9.17, 15) is 10.1 Å². The summed E-state index contributed by atoms with van der Waals surface area (Å²) in [5.74, 6) is 0. The van der Waals surface area contributed by atoms with E-state index in [1.807, 2.05) is 19.2 Å². The topological polar surface area (TPSA) is 73.0 Å². The van der Waals surface area contributed by atoms with Gasteiger partial charge in [0, 0.05) is 18.4 Å². The zero-order valence-corrected chi connectivity index (χ0v) is 11.0. The van der Waals surface area contributed by atoms with Gasteiger partial charge in [-0.15, -0.1) is 0 Å². The monoisotopic (exact) mass is 280 g/mol. The molecule has 1 aromatic heterocycles. The van der Waals surface area contributed by atoms with Gasteiger partial charge in [-0.3, -0.25) is 14.8 Å². The average molecular weight is 281 g/mol.